The van der Waals surface area contributed by atoms with Gasteiger partial charge in [0.15, 0.2) is 0 Å². The molecule has 36 heavy (non-hydrogen) atoms. The van der Waals surface area contributed by atoms with Crippen molar-refractivity contribution in [1.82, 2.24) is 24.6 Å². The third-order valence-corrected chi connectivity index (χ3v) is 6.75. The molecule has 2 aromatic heterocycles. The van der Waals surface area contributed by atoms with Gasteiger partial charge in [0, 0.05) is 22.9 Å². The summed E-state index contributed by atoms with van der Waals surface area (Å²) in [7, 11) is 1.69. The van der Waals surface area contributed by atoms with Gasteiger partial charge in [-0.05, 0) is 53.9 Å². The molecule has 0 radical (unpaired) electrons. The Labute approximate surface area is 219 Å². The van der Waals surface area contributed by atoms with Gasteiger partial charge < -0.3 is 9.30 Å². The predicted octanol–water partition coefficient (Wildman–Crippen LogP) is 5.89. The molecule has 0 amide bonds. The summed E-state index contributed by atoms with van der Waals surface area (Å²) in [5, 5.41) is 9.84. The normalized spacial score (nSPS) is 11.3. The molecule has 0 atom stereocenters. The Bertz CT molecular complexity index is 1430. The summed E-state index contributed by atoms with van der Waals surface area (Å²) in [6, 6.07) is 29.1. The van der Waals surface area contributed by atoms with Crippen molar-refractivity contribution in [3.63, 3.8) is 0 Å². The molecule has 2 heterocycles. The standard InChI is InChI=1S/C29H28BrN5O/c1-36-27-7-4-5-23(17-27)18-35-21-31-33-29(35)20-34(16-15-22-9-12-25(30)13-10-22)19-26-14-11-24-6-2-3-8-28(24)32-26/h2-14,17,21H,15-16,18-20H2,1H3. The summed E-state index contributed by atoms with van der Waals surface area (Å²) in [5.74, 6) is 1.77. The maximum absolute atomic E-state index is 5.39. The summed E-state index contributed by atoms with van der Waals surface area (Å²) in [6.45, 7) is 2.97. The Kier molecular flexibility index (Phi) is 7.69. The van der Waals surface area contributed by atoms with E-state index in [-0.39, 0.29) is 0 Å². The third-order valence-electron chi connectivity index (χ3n) is 6.22. The van der Waals surface area contributed by atoms with E-state index in [9.17, 15) is 0 Å². The first-order valence-electron chi connectivity index (χ1n) is 12.0. The topological polar surface area (TPSA) is 56.1 Å². The maximum Gasteiger partial charge on any atom is 0.147 e. The highest BCUT2D eigenvalue weighted by Crippen LogP contribution is 2.18. The lowest BCUT2D eigenvalue weighted by Crippen LogP contribution is -2.27. The fraction of sp³-hybridized carbons (Fsp3) is 0.207. The largest absolute Gasteiger partial charge is 0.497 e. The van der Waals surface area contributed by atoms with Crippen LogP contribution in [-0.2, 0) is 26.1 Å². The van der Waals surface area contributed by atoms with Crippen LogP contribution in [-0.4, -0.2) is 38.3 Å². The second kappa shape index (κ2) is 11.5. The second-order valence-electron chi connectivity index (χ2n) is 8.81. The summed E-state index contributed by atoms with van der Waals surface area (Å²) >= 11 is 3.53. The number of halogens is 1. The van der Waals surface area contributed by atoms with Crippen molar-refractivity contribution in [3.05, 3.63) is 118 Å². The lowest BCUT2D eigenvalue weighted by molar-refractivity contribution is 0.247. The van der Waals surface area contributed by atoms with Crippen LogP contribution in [0.4, 0.5) is 0 Å². The van der Waals surface area contributed by atoms with E-state index in [2.05, 4.69) is 90.2 Å². The van der Waals surface area contributed by atoms with E-state index in [1.165, 1.54) is 5.56 Å². The van der Waals surface area contributed by atoms with E-state index >= 15 is 0 Å². The fourth-order valence-corrected chi connectivity index (χ4v) is 4.54. The average Bonchev–Trinajstić information content (AvgIpc) is 3.34. The Morgan fingerprint density at radius 2 is 1.75 bits per heavy atom. The van der Waals surface area contributed by atoms with E-state index in [0.29, 0.717) is 13.1 Å². The number of hydrogen-bond acceptors (Lipinski definition) is 5. The van der Waals surface area contributed by atoms with Gasteiger partial charge in [0.05, 0.1) is 31.4 Å². The van der Waals surface area contributed by atoms with Gasteiger partial charge in [-0.3, -0.25) is 9.88 Å². The summed E-state index contributed by atoms with van der Waals surface area (Å²) in [5.41, 5.74) is 4.51. The number of aromatic nitrogens is 4. The van der Waals surface area contributed by atoms with Gasteiger partial charge >= 0.3 is 0 Å². The number of fused-ring (bicyclic) bond motifs is 1. The smallest absolute Gasteiger partial charge is 0.147 e. The van der Waals surface area contributed by atoms with E-state index in [4.69, 9.17) is 9.72 Å². The minimum Gasteiger partial charge on any atom is -0.497 e. The maximum atomic E-state index is 5.39. The number of pyridine rings is 1. The number of nitrogens with zero attached hydrogens (tertiary/aromatic N) is 5. The number of rotatable bonds is 10. The number of methoxy groups -OCH3 is 1. The first-order valence-corrected chi connectivity index (χ1v) is 12.8. The van der Waals surface area contributed by atoms with E-state index < -0.39 is 0 Å². The van der Waals surface area contributed by atoms with Gasteiger partial charge in [-0.15, -0.1) is 10.2 Å². The average molecular weight is 542 g/mol. The van der Waals surface area contributed by atoms with Crippen molar-refractivity contribution < 1.29 is 4.74 Å². The van der Waals surface area contributed by atoms with Gasteiger partial charge in [-0.1, -0.05) is 64.5 Å². The van der Waals surface area contributed by atoms with Crippen LogP contribution in [0.5, 0.6) is 5.75 Å². The zero-order valence-corrected chi connectivity index (χ0v) is 21.8. The molecular formula is C29H28BrN5O. The van der Waals surface area contributed by atoms with E-state index in [1.54, 1.807) is 13.4 Å². The van der Waals surface area contributed by atoms with Gasteiger partial charge in [-0.2, -0.15) is 0 Å². The molecule has 3 aromatic carbocycles. The molecule has 0 aliphatic rings. The summed E-state index contributed by atoms with van der Waals surface area (Å²) in [6.07, 6.45) is 2.74. The molecule has 0 saturated carbocycles. The Morgan fingerprint density at radius 3 is 2.61 bits per heavy atom. The zero-order chi connectivity index (χ0) is 24.7. The Hall–Kier alpha value is -3.55. The van der Waals surface area contributed by atoms with E-state index in [1.807, 2.05) is 30.3 Å². The molecule has 0 aliphatic heterocycles. The van der Waals surface area contributed by atoms with Crippen molar-refractivity contribution in [2.75, 3.05) is 13.7 Å². The first-order chi connectivity index (χ1) is 17.7. The molecule has 0 aliphatic carbocycles. The monoisotopic (exact) mass is 541 g/mol. The van der Waals surface area contributed by atoms with Gasteiger partial charge in [0.2, 0.25) is 0 Å². The van der Waals surface area contributed by atoms with Crippen LogP contribution >= 0.6 is 15.9 Å². The molecule has 182 valence electrons. The molecule has 5 rings (SSSR count). The number of para-hydroxylation sites is 1. The Balaban J connectivity index is 1.36. The fourth-order valence-electron chi connectivity index (χ4n) is 4.28. The van der Waals surface area contributed by atoms with Crippen LogP contribution in [0, 0.1) is 0 Å². The minimum atomic E-state index is 0.676. The summed E-state index contributed by atoms with van der Waals surface area (Å²) < 4.78 is 8.59. The molecular weight excluding hydrogens is 514 g/mol. The lowest BCUT2D eigenvalue weighted by atomic mass is 10.1. The number of ether oxygens (including phenoxy) is 1. The molecule has 5 aromatic rings. The van der Waals surface area contributed by atoms with Gasteiger partial charge in [-0.25, -0.2) is 0 Å². The molecule has 6 nitrogen and oxygen atoms in total. The van der Waals surface area contributed by atoms with Crippen LogP contribution in [0.25, 0.3) is 10.9 Å². The highest BCUT2D eigenvalue weighted by Gasteiger charge is 2.14. The van der Waals surface area contributed by atoms with Crippen molar-refractivity contribution in [3.8, 4) is 5.75 Å². The van der Waals surface area contributed by atoms with Crippen LogP contribution < -0.4 is 4.74 Å². The molecule has 0 unspecified atom stereocenters. The first kappa shape index (κ1) is 24.2. The number of benzene rings is 3. The molecule has 0 bridgehead atoms. The highest BCUT2D eigenvalue weighted by molar-refractivity contribution is 9.10. The molecule has 0 saturated heterocycles. The minimum absolute atomic E-state index is 0.676. The van der Waals surface area contributed by atoms with Crippen LogP contribution in [0.2, 0.25) is 0 Å². The third kappa shape index (κ3) is 6.17. The predicted molar refractivity (Wildman–Crippen MR) is 146 cm³/mol. The van der Waals surface area contributed by atoms with Crippen molar-refractivity contribution in [2.24, 2.45) is 0 Å². The highest BCUT2D eigenvalue weighted by atomic mass is 79.9. The van der Waals surface area contributed by atoms with Crippen molar-refractivity contribution in [2.45, 2.75) is 26.1 Å². The van der Waals surface area contributed by atoms with Gasteiger partial charge in [0.25, 0.3) is 0 Å². The zero-order valence-electron chi connectivity index (χ0n) is 20.2. The molecule has 0 spiro atoms. The van der Waals surface area contributed by atoms with Crippen LogP contribution in [0.15, 0.2) is 95.7 Å². The van der Waals surface area contributed by atoms with Crippen molar-refractivity contribution >= 4 is 26.8 Å². The Morgan fingerprint density at radius 1 is 0.889 bits per heavy atom. The van der Waals surface area contributed by atoms with Crippen molar-refractivity contribution in [1.29, 1.82) is 0 Å². The molecule has 7 heteroatoms. The molecule has 0 N–H and O–H groups in total. The SMILES string of the molecule is COc1cccc(Cn2cnnc2CN(CCc2ccc(Br)cc2)Cc2ccc3ccccc3n2)c1. The van der Waals surface area contributed by atoms with Crippen LogP contribution in [0.1, 0.15) is 22.6 Å². The quantitative estimate of drug-likeness (QED) is 0.220. The van der Waals surface area contributed by atoms with Gasteiger partial charge in [0.1, 0.15) is 17.9 Å². The van der Waals surface area contributed by atoms with Crippen LogP contribution in [0.3, 0.4) is 0 Å². The molecule has 0 fully saturated rings. The lowest BCUT2D eigenvalue weighted by Gasteiger charge is -2.22. The van der Waals surface area contributed by atoms with E-state index in [0.717, 1.165) is 57.7 Å². The second-order valence-corrected chi connectivity index (χ2v) is 9.72. The summed E-state index contributed by atoms with van der Waals surface area (Å²) in [4.78, 5) is 7.31. The number of hydrogen-bond donors (Lipinski definition) is 0.